The number of carbonyl (C=O) groups is 1. The monoisotopic (exact) mass is 309 g/mol. The van der Waals surface area contributed by atoms with Crippen molar-refractivity contribution in [3.05, 3.63) is 53.4 Å². The lowest BCUT2D eigenvalue weighted by atomic mass is 9.80. The zero-order valence-electron chi connectivity index (χ0n) is 12.3. The second-order valence-corrected chi connectivity index (χ2v) is 4.96. The van der Waals surface area contributed by atoms with Gasteiger partial charge in [0.2, 0.25) is 5.69 Å². The molecule has 6 nitrogen and oxygen atoms in total. The summed E-state index contributed by atoms with van der Waals surface area (Å²) in [5.41, 5.74) is 1.81. The summed E-state index contributed by atoms with van der Waals surface area (Å²) in [5.74, 6) is 0.652. The highest BCUT2D eigenvalue weighted by molar-refractivity contribution is 6.61. The van der Waals surface area contributed by atoms with E-state index in [1.54, 1.807) is 24.3 Å². The van der Waals surface area contributed by atoms with Crippen molar-refractivity contribution >= 4 is 24.2 Å². The Hall–Kier alpha value is -2.82. The molecule has 0 saturated carbocycles. The standard InChI is InChI=1S/C16H12BNO5/c1-10(19)22-16-8-13(4-6-15(16)18-2)23-12-3-5-14-11(7-12)9-21-17(14)20/h3-8,20H,9H2,1H3. The maximum Gasteiger partial charge on any atom is 0.491 e. The minimum atomic E-state index is -0.896. The van der Waals surface area contributed by atoms with Gasteiger partial charge < -0.3 is 19.2 Å². The average molecular weight is 309 g/mol. The van der Waals surface area contributed by atoms with Gasteiger partial charge >= 0.3 is 13.1 Å². The smallest absolute Gasteiger partial charge is 0.457 e. The van der Waals surface area contributed by atoms with Gasteiger partial charge in [0.1, 0.15) is 17.2 Å². The molecular weight excluding hydrogens is 297 g/mol. The van der Waals surface area contributed by atoms with E-state index in [1.165, 1.54) is 19.1 Å². The van der Waals surface area contributed by atoms with Crippen LogP contribution in [-0.2, 0) is 16.1 Å². The number of esters is 1. The van der Waals surface area contributed by atoms with Gasteiger partial charge in [-0.15, -0.1) is 0 Å². The summed E-state index contributed by atoms with van der Waals surface area (Å²) in [7, 11) is -0.896. The topological polar surface area (TPSA) is 69.3 Å². The minimum absolute atomic E-state index is 0.157. The first-order valence-corrected chi connectivity index (χ1v) is 6.87. The second kappa shape index (κ2) is 6.12. The molecule has 0 unspecified atom stereocenters. The van der Waals surface area contributed by atoms with Gasteiger partial charge in [-0.3, -0.25) is 4.79 Å². The predicted octanol–water partition coefficient (Wildman–Crippen LogP) is 2.17. The largest absolute Gasteiger partial charge is 0.491 e. The summed E-state index contributed by atoms with van der Waals surface area (Å²) in [4.78, 5) is 14.4. The highest BCUT2D eigenvalue weighted by Crippen LogP contribution is 2.34. The Morgan fingerprint density at radius 3 is 2.78 bits per heavy atom. The summed E-state index contributed by atoms with van der Waals surface area (Å²) in [6, 6.07) is 9.88. The van der Waals surface area contributed by atoms with Crippen LogP contribution < -0.4 is 14.9 Å². The van der Waals surface area contributed by atoms with Crippen molar-refractivity contribution in [1.29, 1.82) is 0 Å². The number of carbonyl (C=O) groups excluding carboxylic acids is 1. The molecule has 2 aromatic carbocycles. The molecule has 1 heterocycles. The number of nitrogens with zero attached hydrogens (tertiary/aromatic N) is 1. The third kappa shape index (κ3) is 3.18. The van der Waals surface area contributed by atoms with Crippen LogP contribution in [0.2, 0.25) is 0 Å². The number of fused-ring (bicyclic) bond motifs is 1. The van der Waals surface area contributed by atoms with E-state index in [9.17, 15) is 9.82 Å². The highest BCUT2D eigenvalue weighted by atomic mass is 16.5. The van der Waals surface area contributed by atoms with Crippen molar-refractivity contribution in [2.24, 2.45) is 0 Å². The molecule has 0 fully saturated rings. The first kappa shape index (κ1) is 15.1. The van der Waals surface area contributed by atoms with Gasteiger partial charge in [-0.1, -0.05) is 6.07 Å². The van der Waals surface area contributed by atoms with Gasteiger partial charge in [0.25, 0.3) is 0 Å². The molecule has 1 aliphatic rings. The number of hydrogen-bond acceptors (Lipinski definition) is 5. The van der Waals surface area contributed by atoms with E-state index in [0.717, 1.165) is 11.0 Å². The first-order valence-electron chi connectivity index (χ1n) is 6.87. The molecule has 0 aliphatic carbocycles. The van der Waals surface area contributed by atoms with Gasteiger partial charge in [-0.2, -0.15) is 0 Å². The van der Waals surface area contributed by atoms with Crippen LogP contribution in [0, 0.1) is 6.57 Å². The first-order chi connectivity index (χ1) is 11.1. The molecule has 23 heavy (non-hydrogen) atoms. The van der Waals surface area contributed by atoms with Crippen LogP contribution in [0.5, 0.6) is 17.2 Å². The van der Waals surface area contributed by atoms with Crippen molar-refractivity contribution in [2.75, 3.05) is 0 Å². The van der Waals surface area contributed by atoms with E-state index < -0.39 is 13.1 Å². The van der Waals surface area contributed by atoms with Gasteiger partial charge in [0.05, 0.1) is 13.2 Å². The maximum absolute atomic E-state index is 11.1. The third-order valence-corrected chi connectivity index (χ3v) is 3.32. The van der Waals surface area contributed by atoms with E-state index in [4.69, 9.17) is 20.7 Å². The van der Waals surface area contributed by atoms with Crippen molar-refractivity contribution in [2.45, 2.75) is 13.5 Å². The van der Waals surface area contributed by atoms with Crippen LogP contribution in [0.15, 0.2) is 36.4 Å². The molecule has 1 aliphatic heterocycles. The van der Waals surface area contributed by atoms with E-state index in [2.05, 4.69) is 4.85 Å². The Morgan fingerprint density at radius 2 is 2.04 bits per heavy atom. The van der Waals surface area contributed by atoms with Crippen LogP contribution in [-0.4, -0.2) is 18.1 Å². The predicted molar refractivity (Wildman–Crippen MR) is 82.9 cm³/mol. The normalized spacial score (nSPS) is 12.5. The molecule has 3 rings (SSSR count). The van der Waals surface area contributed by atoms with Crippen LogP contribution in [0.1, 0.15) is 12.5 Å². The van der Waals surface area contributed by atoms with Gasteiger partial charge in [-0.25, -0.2) is 4.85 Å². The number of hydrogen-bond donors (Lipinski definition) is 1. The highest BCUT2D eigenvalue weighted by Gasteiger charge is 2.27. The molecule has 1 N–H and O–H groups in total. The fraction of sp³-hybridized carbons (Fsp3) is 0.125. The Kier molecular flexibility index (Phi) is 4.02. The lowest BCUT2D eigenvalue weighted by molar-refractivity contribution is -0.131. The fourth-order valence-corrected chi connectivity index (χ4v) is 2.29. The molecular formula is C16H12BNO5. The van der Waals surface area contributed by atoms with Crippen LogP contribution in [0.25, 0.3) is 4.85 Å². The molecule has 0 bridgehead atoms. The Labute approximate surface area is 133 Å². The van der Waals surface area contributed by atoms with Crippen molar-refractivity contribution < 1.29 is 23.9 Å². The molecule has 0 amide bonds. The van der Waals surface area contributed by atoms with Crippen molar-refractivity contribution in [3.8, 4) is 17.2 Å². The summed E-state index contributed by atoms with van der Waals surface area (Å²) in [6.07, 6.45) is 0. The fourth-order valence-electron chi connectivity index (χ4n) is 2.29. The summed E-state index contributed by atoms with van der Waals surface area (Å²) >= 11 is 0. The third-order valence-electron chi connectivity index (χ3n) is 3.32. The molecule has 7 heteroatoms. The van der Waals surface area contributed by atoms with Gasteiger partial charge in [0, 0.05) is 13.0 Å². The van der Waals surface area contributed by atoms with Crippen molar-refractivity contribution in [3.63, 3.8) is 0 Å². The van der Waals surface area contributed by atoms with E-state index in [0.29, 0.717) is 18.1 Å². The Morgan fingerprint density at radius 1 is 1.30 bits per heavy atom. The van der Waals surface area contributed by atoms with Crippen LogP contribution in [0.3, 0.4) is 0 Å². The van der Waals surface area contributed by atoms with Crippen LogP contribution in [0.4, 0.5) is 5.69 Å². The number of rotatable bonds is 3. The molecule has 0 atom stereocenters. The number of benzene rings is 2. The van der Waals surface area contributed by atoms with Gasteiger partial charge in [0.15, 0.2) is 0 Å². The molecule has 114 valence electrons. The minimum Gasteiger partial charge on any atom is -0.457 e. The summed E-state index contributed by atoms with van der Waals surface area (Å²) in [5, 5.41) is 9.60. The second-order valence-electron chi connectivity index (χ2n) is 4.96. The lowest BCUT2D eigenvalue weighted by Gasteiger charge is -2.10. The van der Waals surface area contributed by atoms with Gasteiger partial charge in [-0.05, 0) is 35.3 Å². The van der Waals surface area contributed by atoms with Crippen molar-refractivity contribution in [1.82, 2.24) is 0 Å². The zero-order valence-corrected chi connectivity index (χ0v) is 12.3. The quantitative estimate of drug-likeness (QED) is 0.407. The summed E-state index contributed by atoms with van der Waals surface area (Å²) < 4.78 is 15.9. The molecule has 0 saturated heterocycles. The molecule has 0 radical (unpaired) electrons. The van der Waals surface area contributed by atoms with E-state index >= 15 is 0 Å². The Balaban J connectivity index is 1.86. The lowest BCUT2D eigenvalue weighted by Crippen LogP contribution is -2.27. The Bertz CT molecular complexity index is 815. The van der Waals surface area contributed by atoms with E-state index in [-0.39, 0.29) is 11.4 Å². The SMILES string of the molecule is [C-]#[N+]c1ccc(Oc2ccc3c(c2)COB3O)cc1OC(C)=O. The van der Waals surface area contributed by atoms with E-state index in [1.807, 2.05) is 0 Å². The molecule has 2 aromatic rings. The summed E-state index contributed by atoms with van der Waals surface area (Å²) in [6.45, 7) is 8.67. The average Bonchev–Trinajstić information content (AvgIpc) is 2.88. The van der Waals surface area contributed by atoms with Crippen LogP contribution >= 0.6 is 0 Å². The maximum atomic E-state index is 11.1. The zero-order chi connectivity index (χ0) is 16.4. The molecule has 0 aromatic heterocycles. The number of ether oxygens (including phenoxy) is 2. The molecule has 0 spiro atoms.